The number of aryl methyl sites for hydroxylation is 1. The van der Waals surface area contributed by atoms with Crippen LogP contribution in [0.25, 0.3) is 11.2 Å². The van der Waals surface area contributed by atoms with Crippen molar-refractivity contribution in [2.24, 2.45) is 0 Å². The molecular weight excluding hydrogens is 238 g/mol. The van der Waals surface area contributed by atoms with Crippen molar-refractivity contribution in [2.75, 3.05) is 11.5 Å². The molecule has 17 heavy (non-hydrogen) atoms. The van der Waals surface area contributed by atoms with Crippen LogP contribution in [0.3, 0.4) is 0 Å². The molecule has 90 valence electrons. The largest absolute Gasteiger partial charge is 0.340 e. The molecule has 3 heterocycles. The van der Waals surface area contributed by atoms with Gasteiger partial charge in [-0.1, -0.05) is 0 Å². The molecule has 0 aliphatic carbocycles. The minimum atomic E-state index is -2.87. The molecule has 0 bridgehead atoms. The van der Waals surface area contributed by atoms with Gasteiger partial charge >= 0.3 is 0 Å². The number of imidazole rings is 1. The summed E-state index contributed by atoms with van der Waals surface area (Å²) in [5.41, 5.74) is 2.45. The number of nitrogens with one attached hydrogen (secondary N) is 1. The maximum Gasteiger partial charge on any atom is 0.177 e. The van der Waals surface area contributed by atoms with E-state index in [1.807, 2.05) is 19.1 Å². The lowest BCUT2D eigenvalue weighted by atomic mass is 10.1. The third-order valence-electron chi connectivity index (χ3n) is 3.12. The first kappa shape index (κ1) is 10.7. The van der Waals surface area contributed by atoms with Gasteiger partial charge in [-0.25, -0.2) is 18.4 Å². The molecule has 2 aromatic heterocycles. The fourth-order valence-electron chi connectivity index (χ4n) is 2.21. The highest BCUT2D eigenvalue weighted by Gasteiger charge is 2.31. The zero-order chi connectivity index (χ0) is 12.0. The third-order valence-corrected chi connectivity index (χ3v) is 4.89. The molecule has 2 aromatic rings. The predicted molar refractivity (Wildman–Crippen MR) is 64.6 cm³/mol. The van der Waals surface area contributed by atoms with Gasteiger partial charge in [-0.3, -0.25) is 0 Å². The highest BCUT2D eigenvalue weighted by Crippen LogP contribution is 2.27. The Morgan fingerprint density at radius 3 is 2.88 bits per heavy atom. The number of nitrogens with zero attached hydrogens (tertiary/aromatic N) is 2. The maximum atomic E-state index is 11.4. The van der Waals surface area contributed by atoms with E-state index in [0.717, 1.165) is 17.0 Å². The van der Waals surface area contributed by atoms with Gasteiger partial charge < -0.3 is 4.98 Å². The highest BCUT2D eigenvalue weighted by atomic mass is 32.2. The number of pyridine rings is 1. The summed E-state index contributed by atoms with van der Waals surface area (Å²) in [4.78, 5) is 11.9. The number of rotatable bonds is 1. The van der Waals surface area contributed by atoms with Crippen molar-refractivity contribution in [3.8, 4) is 0 Å². The Morgan fingerprint density at radius 2 is 2.18 bits per heavy atom. The van der Waals surface area contributed by atoms with Gasteiger partial charge in [0.15, 0.2) is 15.5 Å². The zero-order valence-electron chi connectivity index (χ0n) is 9.47. The first-order chi connectivity index (χ1) is 8.03. The van der Waals surface area contributed by atoms with Gasteiger partial charge in [-0.2, -0.15) is 0 Å². The molecule has 1 saturated heterocycles. The van der Waals surface area contributed by atoms with Crippen LogP contribution in [0, 0.1) is 6.92 Å². The summed E-state index contributed by atoms with van der Waals surface area (Å²) in [6.07, 6.45) is 0.654. The second kappa shape index (κ2) is 3.53. The second-order valence-corrected chi connectivity index (χ2v) is 6.77. The van der Waals surface area contributed by atoms with Gasteiger partial charge in [0.2, 0.25) is 0 Å². The number of aromatic nitrogens is 3. The first-order valence-electron chi connectivity index (χ1n) is 5.57. The minimum Gasteiger partial charge on any atom is -0.340 e. The van der Waals surface area contributed by atoms with Gasteiger partial charge in [-0.15, -0.1) is 0 Å². The van der Waals surface area contributed by atoms with Crippen LogP contribution < -0.4 is 0 Å². The van der Waals surface area contributed by atoms with Crippen molar-refractivity contribution in [3.63, 3.8) is 0 Å². The van der Waals surface area contributed by atoms with Crippen LogP contribution >= 0.6 is 0 Å². The molecule has 0 amide bonds. The summed E-state index contributed by atoms with van der Waals surface area (Å²) < 4.78 is 22.9. The summed E-state index contributed by atoms with van der Waals surface area (Å²) in [5, 5.41) is 0. The van der Waals surface area contributed by atoms with E-state index < -0.39 is 9.84 Å². The standard InChI is InChI=1S/C11H13N3O2S/c1-7-2-3-9-11(12-7)14-10(13-9)8-4-5-17(15,16)6-8/h2-3,8H,4-6H2,1H3,(H,12,13,14). The normalized spacial score (nSPS) is 23.2. The van der Waals surface area contributed by atoms with Crippen molar-refractivity contribution in [1.82, 2.24) is 15.0 Å². The van der Waals surface area contributed by atoms with Crippen LogP contribution in [0.2, 0.25) is 0 Å². The fourth-order valence-corrected chi connectivity index (χ4v) is 3.96. The molecule has 0 radical (unpaired) electrons. The molecule has 6 heteroatoms. The molecule has 1 unspecified atom stereocenters. The lowest BCUT2D eigenvalue weighted by Crippen LogP contribution is -2.04. The van der Waals surface area contributed by atoms with E-state index in [9.17, 15) is 8.42 Å². The number of hydrogen-bond donors (Lipinski definition) is 1. The van der Waals surface area contributed by atoms with Crippen molar-refractivity contribution in [3.05, 3.63) is 23.7 Å². The summed E-state index contributed by atoms with van der Waals surface area (Å²) in [7, 11) is -2.87. The number of sulfone groups is 1. The highest BCUT2D eigenvalue weighted by molar-refractivity contribution is 7.91. The molecule has 1 N–H and O–H groups in total. The topological polar surface area (TPSA) is 75.7 Å². The Labute approximate surface area is 99.2 Å². The lowest BCUT2D eigenvalue weighted by molar-refractivity contribution is 0.601. The molecule has 1 atom stereocenters. The first-order valence-corrected chi connectivity index (χ1v) is 7.39. The molecular formula is C11H13N3O2S. The fraction of sp³-hybridized carbons (Fsp3) is 0.455. The van der Waals surface area contributed by atoms with Crippen LogP contribution in [-0.2, 0) is 9.84 Å². The Morgan fingerprint density at radius 1 is 1.35 bits per heavy atom. The molecule has 1 fully saturated rings. The molecule has 0 spiro atoms. The van der Waals surface area contributed by atoms with E-state index in [0.29, 0.717) is 12.1 Å². The van der Waals surface area contributed by atoms with Crippen molar-refractivity contribution in [2.45, 2.75) is 19.3 Å². The van der Waals surface area contributed by atoms with E-state index in [-0.39, 0.29) is 17.4 Å². The van der Waals surface area contributed by atoms with Gasteiger partial charge in [0.05, 0.1) is 17.0 Å². The van der Waals surface area contributed by atoms with Crippen LogP contribution in [0.5, 0.6) is 0 Å². The van der Waals surface area contributed by atoms with Crippen LogP contribution in [0.1, 0.15) is 23.9 Å². The quantitative estimate of drug-likeness (QED) is 0.825. The van der Waals surface area contributed by atoms with Crippen molar-refractivity contribution >= 4 is 21.0 Å². The van der Waals surface area contributed by atoms with Crippen LogP contribution in [-0.4, -0.2) is 34.9 Å². The van der Waals surface area contributed by atoms with E-state index >= 15 is 0 Å². The van der Waals surface area contributed by atoms with Crippen LogP contribution in [0.4, 0.5) is 0 Å². The van der Waals surface area contributed by atoms with Gasteiger partial charge in [0.25, 0.3) is 0 Å². The number of H-pyrrole nitrogens is 1. The van der Waals surface area contributed by atoms with Crippen molar-refractivity contribution < 1.29 is 8.42 Å². The summed E-state index contributed by atoms with van der Waals surface area (Å²) in [6, 6.07) is 3.84. The number of aromatic amines is 1. The maximum absolute atomic E-state index is 11.4. The Bertz CT molecular complexity index is 675. The average molecular weight is 251 g/mol. The number of fused-ring (bicyclic) bond motifs is 1. The molecule has 0 saturated carbocycles. The summed E-state index contributed by atoms with van der Waals surface area (Å²) >= 11 is 0. The van der Waals surface area contributed by atoms with E-state index in [1.54, 1.807) is 0 Å². The lowest BCUT2D eigenvalue weighted by Gasteiger charge is -2.00. The SMILES string of the molecule is Cc1ccc2[nH]c(C3CCS(=O)(=O)C3)nc2n1. The van der Waals surface area contributed by atoms with Crippen LogP contribution in [0.15, 0.2) is 12.1 Å². The summed E-state index contributed by atoms with van der Waals surface area (Å²) in [6.45, 7) is 1.91. The third kappa shape index (κ3) is 1.93. The van der Waals surface area contributed by atoms with E-state index in [4.69, 9.17) is 0 Å². The van der Waals surface area contributed by atoms with E-state index in [2.05, 4.69) is 15.0 Å². The van der Waals surface area contributed by atoms with E-state index in [1.165, 1.54) is 0 Å². The number of hydrogen-bond acceptors (Lipinski definition) is 4. The molecule has 5 nitrogen and oxygen atoms in total. The van der Waals surface area contributed by atoms with Gasteiger partial charge in [-0.05, 0) is 25.5 Å². The monoisotopic (exact) mass is 251 g/mol. The molecule has 1 aliphatic heterocycles. The Hall–Kier alpha value is -1.43. The Balaban J connectivity index is 2.02. The minimum absolute atomic E-state index is 0.00509. The Kier molecular flexibility index (Phi) is 2.22. The smallest absolute Gasteiger partial charge is 0.177 e. The second-order valence-electron chi connectivity index (χ2n) is 4.55. The van der Waals surface area contributed by atoms with Gasteiger partial charge in [0.1, 0.15) is 5.82 Å². The molecule has 0 aromatic carbocycles. The van der Waals surface area contributed by atoms with Crippen molar-refractivity contribution in [1.29, 1.82) is 0 Å². The molecule has 1 aliphatic rings. The summed E-state index contributed by atoms with van der Waals surface area (Å²) in [5.74, 6) is 1.21. The van der Waals surface area contributed by atoms with Gasteiger partial charge in [0, 0.05) is 11.6 Å². The predicted octanol–water partition coefficient (Wildman–Crippen LogP) is 1.17. The molecule has 3 rings (SSSR count). The zero-order valence-corrected chi connectivity index (χ0v) is 10.3. The average Bonchev–Trinajstić information content (AvgIpc) is 2.80.